The molecule has 3 rings (SSSR count). The van der Waals surface area contributed by atoms with Crippen LogP contribution in [0.4, 0.5) is 0 Å². The third-order valence-corrected chi connectivity index (χ3v) is 8.31. The summed E-state index contributed by atoms with van der Waals surface area (Å²) in [5.41, 5.74) is 0.384. The van der Waals surface area contributed by atoms with Crippen molar-refractivity contribution in [3.63, 3.8) is 0 Å². The van der Waals surface area contributed by atoms with Gasteiger partial charge in [0.05, 0.1) is 6.10 Å². The number of hydrogen-bond acceptors (Lipinski definition) is 6. The molecular weight excluding hydrogens is 382 g/mol. The van der Waals surface area contributed by atoms with Crippen molar-refractivity contribution in [3.8, 4) is 0 Å². The lowest BCUT2D eigenvalue weighted by atomic mass is 9.82. The lowest BCUT2D eigenvalue weighted by Crippen LogP contribution is -2.46. The molecule has 0 aliphatic carbocycles. The minimum Gasteiger partial charge on any atom is -0.393 e. The normalized spacial score (nSPS) is 25.2. The lowest BCUT2D eigenvalue weighted by molar-refractivity contribution is -0.135. The predicted octanol–water partition coefficient (Wildman–Crippen LogP) is 1.70. The van der Waals surface area contributed by atoms with Gasteiger partial charge in [0.25, 0.3) is 0 Å². The standard InChI is InChI=1S/C19H31N3O5S/c1-4-15-12-22(28(25,26)19-13(2)20-27-14(19)3)10-5-16(15)11-18(24)21-8-6-17(23)7-9-21/h15-17,23H,4-12H2,1-3H3/t15-,16-/m0/s1. The van der Waals surface area contributed by atoms with Crippen molar-refractivity contribution in [2.24, 2.45) is 11.8 Å². The molecule has 0 spiro atoms. The number of piperidine rings is 2. The molecule has 1 aromatic rings. The number of carbonyl (C=O) groups is 1. The van der Waals surface area contributed by atoms with E-state index in [9.17, 15) is 18.3 Å². The summed E-state index contributed by atoms with van der Waals surface area (Å²) in [6.07, 6.45) is 2.92. The molecule has 2 fully saturated rings. The van der Waals surface area contributed by atoms with E-state index in [1.165, 1.54) is 4.31 Å². The van der Waals surface area contributed by atoms with Crippen LogP contribution in [0.15, 0.2) is 9.42 Å². The van der Waals surface area contributed by atoms with E-state index < -0.39 is 10.0 Å². The van der Waals surface area contributed by atoms with Gasteiger partial charge in [0.2, 0.25) is 15.9 Å². The van der Waals surface area contributed by atoms with Gasteiger partial charge in [0.15, 0.2) is 5.76 Å². The molecule has 28 heavy (non-hydrogen) atoms. The van der Waals surface area contributed by atoms with E-state index in [1.54, 1.807) is 13.8 Å². The van der Waals surface area contributed by atoms with Crippen molar-refractivity contribution in [2.75, 3.05) is 26.2 Å². The number of likely N-dealkylation sites (tertiary alicyclic amines) is 1. The monoisotopic (exact) mass is 413 g/mol. The van der Waals surface area contributed by atoms with Gasteiger partial charge in [-0.2, -0.15) is 4.31 Å². The fourth-order valence-corrected chi connectivity index (χ4v) is 6.24. The van der Waals surface area contributed by atoms with Gasteiger partial charge in [0.1, 0.15) is 10.6 Å². The third kappa shape index (κ3) is 4.26. The van der Waals surface area contributed by atoms with Crippen LogP contribution in [-0.2, 0) is 14.8 Å². The van der Waals surface area contributed by atoms with E-state index >= 15 is 0 Å². The number of hydrogen-bond donors (Lipinski definition) is 1. The summed E-state index contributed by atoms with van der Waals surface area (Å²) in [7, 11) is -3.65. The molecule has 9 heteroatoms. The van der Waals surface area contributed by atoms with Crippen LogP contribution in [0.1, 0.15) is 50.5 Å². The fourth-order valence-electron chi connectivity index (χ4n) is 4.44. The molecule has 1 amide bonds. The summed E-state index contributed by atoms with van der Waals surface area (Å²) >= 11 is 0. The Morgan fingerprint density at radius 1 is 1.18 bits per heavy atom. The molecule has 8 nitrogen and oxygen atoms in total. The molecule has 2 saturated heterocycles. The van der Waals surface area contributed by atoms with Gasteiger partial charge in [-0.1, -0.05) is 18.5 Å². The second kappa shape index (κ2) is 8.51. The molecule has 3 heterocycles. The maximum absolute atomic E-state index is 13.1. The highest BCUT2D eigenvalue weighted by Crippen LogP contribution is 2.34. The van der Waals surface area contributed by atoms with E-state index in [4.69, 9.17) is 4.52 Å². The number of aliphatic hydroxyl groups excluding tert-OH is 1. The molecule has 0 radical (unpaired) electrons. The zero-order valence-electron chi connectivity index (χ0n) is 16.9. The molecule has 158 valence electrons. The first-order valence-electron chi connectivity index (χ1n) is 10.1. The Bertz CT molecular complexity index is 779. The van der Waals surface area contributed by atoms with Crippen LogP contribution in [0, 0.1) is 25.7 Å². The topological polar surface area (TPSA) is 104 Å². The molecule has 2 atom stereocenters. The van der Waals surface area contributed by atoms with Gasteiger partial charge >= 0.3 is 0 Å². The van der Waals surface area contributed by atoms with Crippen molar-refractivity contribution >= 4 is 15.9 Å². The number of sulfonamides is 1. The summed E-state index contributed by atoms with van der Waals surface area (Å²) < 4.78 is 32.7. The van der Waals surface area contributed by atoms with Gasteiger partial charge in [0, 0.05) is 32.6 Å². The summed E-state index contributed by atoms with van der Waals surface area (Å²) in [5.74, 6) is 0.760. The van der Waals surface area contributed by atoms with Gasteiger partial charge < -0.3 is 14.5 Å². The van der Waals surface area contributed by atoms with Crippen LogP contribution >= 0.6 is 0 Å². The molecule has 1 N–H and O–H groups in total. The molecule has 0 bridgehead atoms. The predicted molar refractivity (Wildman–Crippen MR) is 103 cm³/mol. The highest BCUT2D eigenvalue weighted by atomic mass is 32.2. The average Bonchev–Trinajstić information content (AvgIpc) is 3.01. The van der Waals surface area contributed by atoms with Crippen LogP contribution in [0.3, 0.4) is 0 Å². The number of nitrogens with zero attached hydrogens (tertiary/aromatic N) is 3. The van der Waals surface area contributed by atoms with Gasteiger partial charge in [-0.25, -0.2) is 8.42 Å². The highest BCUT2D eigenvalue weighted by molar-refractivity contribution is 7.89. The summed E-state index contributed by atoms with van der Waals surface area (Å²) in [5, 5.41) is 13.4. The lowest BCUT2D eigenvalue weighted by Gasteiger charge is -2.38. The van der Waals surface area contributed by atoms with Crippen LogP contribution < -0.4 is 0 Å². The first kappa shape index (κ1) is 21.3. The third-order valence-electron chi connectivity index (χ3n) is 6.20. The molecule has 0 aromatic carbocycles. The van der Waals surface area contributed by atoms with Gasteiger partial charge in [-0.3, -0.25) is 4.79 Å². The maximum Gasteiger partial charge on any atom is 0.248 e. The van der Waals surface area contributed by atoms with Crippen molar-refractivity contribution < 1.29 is 22.8 Å². The Hall–Kier alpha value is -1.45. The molecule has 2 aliphatic rings. The minimum atomic E-state index is -3.65. The fraction of sp³-hybridized carbons (Fsp3) is 0.789. The van der Waals surface area contributed by atoms with E-state index in [0.29, 0.717) is 63.3 Å². The second-order valence-corrected chi connectivity index (χ2v) is 9.92. The Morgan fingerprint density at radius 2 is 1.86 bits per heavy atom. The Morgan fingerprint density at radius 3 is 2.43 bits per heavy atom. The highest BCUT2D eigenvalue weighted by Gasteiger charge is 2.38. The molecule has 2 aliphatic heterocycles. The summed E-state index contributed by atoms with van der Waals surface area (Å²) in [4.78, 5) is 14.7. The van der Waals surface area contributed by atoms with Crippen molar-refractivity contribution in [1.82, 2.24) is 14.4 Å². The number of carbonyl (C=O) groups excluding carboxylic acids is 1. The van der Waals surface area contributed by atoms with Crippen molar-refractivity contribution in [2.45, 2.75) is 63.9 Å². The minimum absolute atomic E-state index is 0.123. The number of aliphatic hydroxyl groups is 1. The van der Waals surface area contributed by atoms with Crippen LogP contribution in [0.25, 0.3) is 0 Å². The Balaban J connectivity index is 1.66. The first-order chi connectivity index (χ1) is 13.2. The van der Waals surface area contributed by atoms with Crippen molar-refractivity contribution in [1.29, 1.82) is 0 Å². The molecule has 0 saturated carbocycles. The van der Waals surface area contributed by atoms with E-state index in [2.05, 4.69) is 5.16 Å². The SMILES string of the molecule is CC[C@H]1CN(S(=O)(=O)c2c(C)noc2C)CC[C@H]1CC(=O)N1CCC(O)CC1. The number of amides is 1. The maximum atomic E-state index is 13.1. The Labute approximate surface area is 166 Å². The van der Waals surface area contributed by atoms with Crippen LogP contribution in [0.5, 0.6) is 0 Å². The smallest absolute Gasteiger partial charge is 0.248 e. The second-order valence-electron chi connectivity index (χ2n) is 8.05. The zero-order valence-corrected chi connectivity index (χ0v) is 17.7. The molecule has 1 aromatic heterocycles. The summed E-state index contributed by atoms with van der Waals surface area (Å²) in [6.45, 7) is 7.34. The van der Waals surface area contributed by atoms with Crippen LogP contribution in [0.2, 0.25) is 0 Å². The van der Waals surface area contributed by atoms with E-state index in [1.807, 2.05) is 11.8 Å². The quantitative estimate of drug-likeness (QED) is 0.788. The first-order valence-corrected chi connectivity index (χ1v) is 11.6. The van der Waals surface area contributed by atoms with Gasteiger partial charge in [-0.15, -0.1) is 0 Å². The zero-order chi connectivity index (χ0) is 20.5. The van der Waals surface area contributed by atoms with Gasteiger partial charge in [-0.05, 0) is 44.9 Å². The largest absolute Gasteiger partial charge is 0.393 e. The molecular formula is C19H31N3O5S. The van der Waals surface area contributed by atoms with Crippen molar-refractivity contribution in [3.05, 3.63) is 11.5 Å². The average molecular weight is 414 g/mol. The number of aromatic nitrogens is 1. The van der Waals surface area contributed by atoms with E-state index in [0.717, 1.165) is 6.42 Å². The van der Waals surface area contributed by atoms with Crippen LogP contribution in [-0.4, -0.2) is 66.1 Å². The number of aryl methyl sites for hydroxylation is 2. The number of rotatable bonds is 5. The van der Waals surface area contributed by atoms with E-state index in [-0.39, 0.29) is 28.7 Å². The Kier molecular flexibility index (Phi) is 6.46. The molecule has 0 unspecified atom stereocenters. The summed E-state index contributed by atoms with van der Waals surface area (Å²) in [6, 6.07) is 0.